The number of benzene rings is 2. The largest absolute Gasteiger partial charge is 0.349 e. The number of quaternary nitrogens is 1. The maximum Gasteiger partial charge on any atom is 0.281 e. The van der Waals surface area contributed by atoms with E-state index in [0.717, 1.165) is 77.5 Å². The molecule has 0 amide bonds. The molecule has 178 valence electrons. The van der Waals surface area contributed by atoms with E-state index in [1.165, 1.54) is 5.39 Å². The summed E-state index contributed by atoms with van der Waals surface area (Å²) in [5.41, 5.74) is 6.26. The van der Waals surface area contributed by atoms with Crippen molar-refractivity contribution in [3.8, 4) is 0 Å². The smallest absolute Gasteiger partial charge is 0.281 e. The predicted octanol–water partition coefficient (Wildman–Crippen LogP) is 4.85. The molecule has 7 rings (SSSR count). The Kier molecular flexibility index (Phi) is 4.95. The van der Waals surface area contributed by atoms with Gasteiger partial charge in [0.1, 0.15) is 17.6 Å². The molecule has 5 heterocycles. The molecule has 7 nitrogen and oxygen atoms in total. The number of H-pyrrole nitrogens is 1. The van der Waals surface area contributed by atoms with E-state index < -0.39 is 0 Å². The van der Waals surface area contributed by atoms with Crippen LogP contribution in [0.15, 0.2) is 101 Å². The highest BCUT2D eigenvalue weighted by atomic mass is 15.6. The molecule has 7 heteroatoms. The molecule has 36 heavy (non-hydrogen) atoms. The summed E-state index contributed by atoms with van der Waals surface area (Å²) < 4.78 is 0.0624. The lowest BCUT2D eigenvalue weighted by Crippen LogP contribution is -2.53. The Hall–Kier alpha value is -3.91. The number of pyridine rings is 1. The van der Waals surface area contributed by atoms with Crippen molar-refractivity contribution in [2.24, 2.45) is 21.7 Å². The zero-order valence-electron chi connectivity index (χ0n) is 20.0. The molecular weight excluding hydrogens is 446 g/mol. The second-order valence-electron chi connectivity index (χ2n) is 9.88. The first-order valence-electron chi connectivity index (χ1n) is 12.5. The molecule has 2 aromatic heterocycles. The second kappa shape index (κ2) is 8.34. The van der Waals surface area contributed by atoms with Gasteiger partial charge < -0.3 is 4.98 Å². The van der Waals surface area contributed by atoms with Gasteiger partial charge in [-0.25, -0.2) is 0 Å². The van der Waals surface area contributed by atoms with E-state index in [4.69, 9.17) is 15.8 Å². The third-order valence-electron chi connectivity index (χ3n) is 7.61. The van der Waals surface area contributed by atoms with E-state index in [-0.39, 0.29) is 4.59 Å². The summed E-state index contributed by atoms with van der Waals surface area (Å²) in [5.74, 6) is 8.14. The van der Waals surface area contributed by atoms with Gasteiger partial charge in [-0.15, -0.1) is 4.59 Å². The van der Waals surface area contributed by atoms with Crippen LogP contribution in [0, 0.1) is 5.92 Å². The van der Waals surface area contributed by atoms with E-state index in [0.29, 0.717) is 5.92 Å². The van der Waals surface area contributed by atoms with Crippen molar-refractivity contribution in [1.29, 1.82) is 0 Å². The summed E-state index contributed by atoms with van der Waals surface area (Å²) in [6, 6.07) is 23.0. The summed E-state index contributed by atoms with van der Waals surface area (Å²) in [5, 5.41) is 2.34. The number of likely N-dealkylation sites (tertiary alicyclic amines) is 1. The molecule has 3 aliphatic rings. The minimum Gasteiger partial charge on any atom is -0.349 e. The van der Waals surface area contributed by atoms with Crippen molar-refractivity contribution in [3.63, 3.8) is 0 Å². The van der Waals surface area contributed by atoms with E-state index >= 15 is 0 Å². The maximum atomic E-state index is 6.97. The van der Waals surface area contributed by atoms with Gasteiger partial charge >= 0.3 is 0 Å². The van der Waals surface area contributed by atoms with Crippen LogP contribution in [0.25, 0.3) is 21.8 Å². The van der Waals surface area contributed by atoms with Crippen molar-refractivity contribution in [3.05, 3.63) is 102 Å². The summed E-state index contributed by atoms with van der Waals surface area (Å²) in [6.45, 7) is 2.88. The van der Waals surface area contributed by atoms with Gasteiger partial charge in [0.15, 0.2) is 0 Å². The molecule has 1 saturated heterocycles. The van der Waals surface area contributed by atoms with E-state index in [1.54, 1.807) is 6.20 Å². The number of piperidine rings is 1. The fourth-order valence-electron chi connectivity index (χ4n) is 5.67. The minimum absolute atomic E-state index is 0.0624. The van der Waals surface area contributed by atoms with Crippen LogP contribution in [0.2, 0.25) is 0 Å². The van der Waals surface area contributed by atoms with Crippen molar-refractivity contribution >= 4 is 33.9 Å². The lowest BCUT2D eigenvalue weighted by atomic mass is 9.92. The first kappa shape index (κ1) is 21.4. The topological polar surface area (TPSA) is 82.7 Å². The van der Waals surface area contributed by atoms with Crippen LogP contribution < -0.4 is 5.84 Å². The molecule has 0 spiro atoms. The Bertz CT molecular complexity index is 1570. The van der Waals surface area contributed by atoms with Crippen LogP contribution in [0.1, 0.15) is 24.2 Å². The number of aromatic amines is 1. The number of rotatable bonds is 4. The van der Waals surface area contributed by atoms with Gasteiger partial charge in [0.2, 0.25) is 5.70 Å². The lowest BCUT2D eigenvalue weighted by Gasteiger charge is -2.32. The number of fused-ring (bicyclic) bond motifs is 3. The fourth-order valence-corrected chi connectivity index (χ4v) is 5.67. The molecule has 1 unspecified atom stereocenters. The highest BCUT2D eigenvalue weighted by Crippen LogP contribution is 2.38. The molecule has 4 aromatic rings. The zero-order valence-corrected chi connectivity index (χ0v) is 20.0. The van der Waals surface area contributed by atoms with Crippen molar-refractivity contribution in [1.82, 2.24) is 14.9 Å². The standard InChI is InChI=1S/C29H28N7/c30-36-16-13-31-18-27(36)28(34-29(36)26-17-22-6-2-4-8-25(22)33-26)21-11-14-35(15-12-21)19-23-10-9-20-5-1-3-7-24(20)32-23/h1-10,13,16-18,21,33H,11-12,14-15,19,30H2/q+1. The van der Waals surface area contributed by atoms with Gasteiger partial charge in [0.05, 0.1) is 23.6 Å². The van der Waals surface area contributed by atoms with Crippen LogP contribution in [-0.2, 0) is 6.54 Å². The number of amidine groups is 1. The number of nitrogens with one attached hydrogen (secondary N) is 1. The average Bonchev–Trinajstić information content (AvgIpc) is 3.47. The van der Waals surface area contributed by atoms with Crippen LogP contribution in [0.3, 0.4) is 0 Å². The Balaban J connectivity index is 1.13. The van der Waals surface area contributed by atoms with Gasteiger partial charge in [-0.05, 0) is 50.2 Å². The Morgan fingerprint density at radius 1 is 0.972 bits per heavy atom. The first-order chi connectivity index (χ1) is 17.7. The monoisotopic (exact) mass is 474 g/mol. The quantitative estimate of drug-likeness (QED) is 0.328. The Morgan fingerprint density at radius 2 is 1.78 bits per heavy atom. The number of hydrogen-bond donors (Lipinski definition) is 2. The molecule has 2 aromatic carbocycles. The third kappa shape index (κ3) is 3.52. The number of nitrogens with two attached hydrogens (primary N) is 1. The normalized spacial score (nSPS) is 22.5. The molecular formula is C29H28N7+. The van der Waals surface area contributed by atoms with Crippen LogP contribution >= 0.6 is 0 Å². The lowest BCUT2D eigenvalue weighted by molar-refractivity contribution is -0.750. The van der Waals surface area contributed by atoms with E-state index in [9.17, 15) is 0 Å². The molecule has 0 bridgehead atoms. The molecule has 0 saturated carbocycles. The van der Waals surface area contributed by atoms with Crippen LogP contribution in [0.5, 0.6) is 0 Å². The van der Waals surface area contributed by atoms with Gasteiger partial charge in [-0.1, -0.05) is 42.5 Å². The molecule has 0 aliphatic carbocycles. The zero-order chi connectivity index (χ0) is 24.1. The SMILES string of the molecule is N[N+]12C=CN=CC1=C(C1CCN(Cc3ccc4ccccc4n3)CC1)N=C2c1cc2ccccc2[nH]1. The van der Waals surface area contributed by atoms with Gasteiger partial charge in [-0.3, -0.25) is 14.9 Å². The highest BCUT2D eigenvalue weighted by Gasteiger charge is 2.46. The summed E-state index contributed by atoms with van der Waals surface area (Å²) in [4.78, 5) is 20.5. The van der Waals surface area contributed by atoms with Gasteiger partial charge in [0.25, 0.3) is 5.84 Å². The number of para-hydroxylation sites is 2. The van der Waals surface area contributed by atoms with E-state index in [2.05, 4.69) is 63.4 Å². The van der Waals surface area contributed by atoms with Crippen molar-refractivity contribution in [2.75, 3.05) is 13.1 Å². The molecule has 3 aliphatic heterocycles. The second-order valence-corrected chi connectivity index (χ2v) is 9.88. The third-order valence-corrected chi connectivity index (χ3v) is 7.61. The van der Waals surface area contributed by atoms with Crippen LogP contribution in [0.4, 0.5) is 0 Å². The van der Waals surface area contributed by atoms with Crippen molar-refractivity contribution in [2.45, 2.75) is 19.4 Å². The fraction of sp³-hybridized carbons (Fsp3) is 0.207. The van der Waals surface area contributed by atoms with Crippen LogP contribution in [-0.4, -0.2) is 44.6 Å². The number of allylic oxidation sites excluding steroid dienone is 2. The summed E-state index contributed by atoms with van der Waals surface area (Å²) in [7, 11) is 0. The number of aliphatic imine (C=N–C) groups is 2. The first-order valence-corrected chi connectivity index (χ1v) is 12.5. The minimum atomic E-state index is 0.0624. The number of nitrogens with zero attached hydrogens (tertiary/aromatic N) is 5. The molecule has 0 radical (unpaired) electrons. The number of aromatic nitrogens is 2. The number of hydrogen-bond acceptors (Lipinski definition) is 5. The van der Waals surface area contributed by atoms with Crippen molar-refractivity contribution < 1.29 is 4.59 Å². The molecule has 3 N–H and O–H groups in total. The average molecular weight is 475 g/mol. The van der Waals surface area contributed by atoms with Gasteiger partial charge in [-0.2, -0.15) is 10.8 Å². The molecule has 1 fully saturated rings. The maximum absolute atomic E-state index is 6.97. The van der Waals surface area contributed by atoms with E-state index in [1.807, 2.05) is 30.6 Å². The summed E-state index contributed by atoms with van der Waals surface area (Å²) in [6.07, 6.45) is 7.65. The summed E-state index contributed by atoms with van der Waals surface area (Å²) >= 11 is 0. The Morgan fingerprint density at radius 3 is 2.64 bits per heavy atom. The highest BCUT2D eigenvalue weighted by molar-refractivity contribution is 6.02. The van der Waals surface area contributed by atoms with Gasteiger partial charge in [0, 0.05) is 28.8 Å². The Labute approximate surface area is 209 Å². The predicted molar refractivity (Wildman–Crippen MR) is 144 cm³/mol. The molecule has 1 atom stereocenters.